The highest BCUT2D eigenvalue weighted by Crippen LogP contribution is 2.25. The molecule has 1 aliphatic carbocycles. The lowest BCUT2D eigenvalue weighted by molar-refractivity contribution is 0.0981. The molecule has 1 aromatic carbocycles. The molecule has 0 N–H and O–H groups in total. The first kappa shape index (κ1) is 11.2. The van der Waals surface area contributed by atoms with E-state index in [4.69, 9.17) is 4.74 Å². The van der Waals surface area contributed by atoms with Crippen LogP contribution in [0, 0.1) is 0 Å². The lowest BCUT2D eigenvalue weighted by Gasteiger charge is -2.12. The largest absolute Gasteiger partial charge is 0.491 e. The van der Waals surface area contributed by atoms with E-state index in [1.165, 1.54) is 5.56 Å². The molecule has 0 bridgehead atoms. The molecule has 0 atom stereocenters. The van der Waals surface area contributed by atoms with Gasteiger partial charge < -0.3 is 4.74 Å². The van der Waals surface area contributed by atoms with Crippen molar-refractivity contribution in [2.45, 2.75) is 45.6 Å². The van der Waals surface area contributed by atoms with Crippen LogP contribution in [0.15, 0.2) is 18.2 Å². The van der Waals surface area contributed by atoms with E-state index in [0.29, 0.717) is 6.42 Å². The summed E-state index contributed by atoms with van der Waals surface area (Å²) in [5.74, 6) is 1.07. The van der Waals surface area contributed by atoms with Crippen molar-refractivity contribution in [2.75, 3.05) is 0 Å². The van der Waals surface area contributed by atoms with Crippen LogP contribution in [-0.4, -0.2) is 11.9 Å². The maximum Gasteiger partial charge on any atom is 0.163 e. The van der Waals surface area contributed by atoms with Crippen molar-refractivity contribution in [1.29, 1.82) is 0 Å². The Balaban J connectivity index is 2.31. The van der Waals surface area contributed by atoms with E-state index < -0.39 is 0 Å². The van der Waals surface area contributed by atoms with Gasteiger partial charge in [-0.2, -0.15) is 0 Å². The first-order valence-electron chi connectivity index (χ1n) is 5.99. The topological polar surface area (TPSA) is 26.3 Å². The third kappa shape index (κ3) is 2.43. The summed E-state index contributed by atoms with van der Waals surface area (Å²) in [5.41, 5.74) is 2.05. The van der Waals surface area contributed by atoms with Gasteiger partial charge in [-0.3, -0.25) is 4.79 Å². The lowest BCUT2D eigenvalue weighted by Crippen LogP contribution is -2.07. The second-order valence-electron chi connectivity index (χ2n) is 4.62. The molecule has 0 heterocycles. The average molecular weight is 218 g/mol. The molecule has 1 aliphatic rings. The number of hydrogen-bond donors (Lipinski definition) is 0. The molecular weight excluding hydrogens is 200 g/mol. The number of carbonyl (C=O) groups excluding carboxylic acids is 1. The Kier molecular flexibility index (Phi) is 3.28. The quantitative estimate of drug-likeness (QED) is 0.711. The number of aryl methyl sites for hydroxylation is 1. The van der Waals surface area contributed by atoms with Crippen LogP contribution in [0.1, 0.15) is 49.0 Å². The SMILES string of the molecule is CC(C)Oc1ccc2c(c1)C(=O)CCCC2. The molecule has 0 saturated carbocycles. The Morgan fingerprint density at radius 2 is 1.94 bits per heavy atom. The summed E-state index contributed by atoms with van der Waals surface area (Å²) in [7, 11) is 0. The molecular formula is C14H18O2. The van der Waals surface area contributed by atoms with Crippen molar-refractivity contribution in [3.8, 4) is 5.75 Å². The molecule has 0 fully saturated rings. The summed E-state index contributed by atoms with van der Waals surface area (Å²) in [6.07, 6.45) is 3.97. The van der Waals surface area contributed by atoms with Crippen LogP contribution in [0.25, 0.3) is 0 Å². The fourth-order valence-corrected chi connectivity index (χ4v) is 2.11. The zero-order valence-corrected chi connectivity index (χ0v) is 9.95. The molecule has 0 radical (unpaired) electrons. The van der Waals surface area contributed by atoms with E-state index in [2.05, 4.69) is 0 Å². The minimum atomic E-state index is 0.152. The second kappa shape index (κ2) is 4.69. The summed E-state index contributed by atoms with van der Waals surface area (Å²) in [4.78, 5) is 11.9. The molecule has 86 valence electrons. The van der Waals surface area contributed by atoms with Crippen LogP contribution < -0.4 is 4.74 Å². The van der Waals surface area contributed by atoms with Crippen molar-refractivity contribution in [2.24, 2.45) is 0 Å². The van der Waals surface area contributed by atoms with Crippen molar-refractivity contribution in [3.63, 3.8) is 0 Å². The van der Waals surface area contributed by atoms with Crippen LogP contribution in [-0.2, 0) is 6.42 Å². The normalized spacial score (nSPS) is 15.8. The maximum absolute atomic E-state index is 11.9. The highest BCUT2D eigenvalue weighted by atomic mass is 16.5. The van der Waals surface area contributed by atoms with Crippen molar-refractivity contribution in [1.82, 2.24) is 0 Å². The fraction of sp³-hybridized carbons (Fsp3) is 0.500. The summed E-state index contributed by atoms with van der Waals surface area (Å²) < 4.78 is 5.62. The summed E-state index contributed by atoms with van der Waals surface area (Å²) in [6, 6.07) is 5.91. The van der Waals surface area contributed by atoms with Crippen LogP contribution in [0.5, 0.6) is 5.75 Å². The molecule has 2 rings (SSSR count). The minimum absolute atomic E-state index is 0.152. The minimum Gasteiger partial charge on any atom is -0.491 e. The Morgan fingerprint density at radius 3 is 2.69 bits per heavy atom. The fourth-order valence-electron chi connectivity index (χ4n) is 2.11. The van der Waals surface area contributed by atoms with E-state index >= 15 is 0 Å². The molecule has 0 aliphatic heterocycles. The van der Waals surface area contributed by atoms with Gasteiger partial charge in [-0.05, 0) is 50.8 Å². The predicted molar refractivity (Wildman–Crippen MR) is 64.1 cm³/mol. The van der Waals surface area contributed by atoms with Gasteiger partial charge in [-0.15, -0.1) is 0 Å². The first-order valence-corrected chi connectivity index (χ1v) is 5.99. The number of rotatable bonds is 2. The van der Waals surface area contributed by atoms with E-state index in [9.17, 15) is 4.79 Å². The highest BCUT2D eigenvalue weighted by molar-refractivity contribution is 5.98. The Hall–Kier alpha value is -1.31. The van der Waals surface area contributed by atoms with Crippen molar-refractivity contribution < 1.29 is 9.53 Å². The maximum atomic E-state index is 11.9. The number of benzene rings is 1. The van der Waals surface area contributed by atoms with E-state index in [0.717, 1.165) is 30.6 Å². The van der Waals surface area contributed by atoms with Crippen LogP contribution in [0.3, 0.4) is 0 Å². The number of fused-ring (bicyclic) bond motifs is 1. The average Bonchev–Trinajstić information content (AvgIpc) is 2.41. The Labute approximate surface area is 96.6 Å². The standard InChI is InChI=1S/C14H18O2/c1-10(2)16-12-8-7-11-5-3-4-6-14(15)13(11)9-12/h7-10H,3-6H2,1-2H3. The molecule has 0 saturated heterocycles. The molecule has 0 aromatic heterocycles. The molecule has 2 heteroatoms. The van der Waals surface area contributed by atoms with Gasteiger partial charge in [0.25, 0.3) is 0 Å². The van der Waals surface area contributed by atoms with Gasteiger partial charge in [-0.1, -0.05) is 6.07 Å². The Bertz CT molecular complexity index is 394. The third-order valence-corrected chi connectivity index (χ3v) is 2.85. The first-order chi connectivity index (χ1) is 7.66. The molecule has 0 amide bonds. The molecule has 2 nitrogen and oxygen atoms in total. The predicted octanol–water partition coefficient (Wildman–Crippen LogP) is 3.38. The van der Waals surface area contributed by atoms with Crippen molar-refractivity contribution >= 4 is 5.78 Å². The molecule has 1 aromatic rings. The zero-order chi connectivity index (χ0) is 11.5. The van der Waals surface area contributed by atoms with Crippen LogP contribution in [0.2, 0.25) is 0 Å². The number of hydrogen-bond acceptors (Lipinski definition) is 2. The molecule has 0 unspecified atom stereocenters. The second-order valence-corrected chi connectivity index (χ2v) is 4.62. The number of carbonyl (C=O) groups is 1. The van der Waals surface area contributed by atoms with Gasteiger partial charge in [0.1, 0.15) is 5.75 Å². The number of ether oxygens (including phenoxy) is 1. The van der Waals surface area contributed by atoms with Gasteiger partial charge in [0, 0.05) is 12.0 Å². The van der Waals surface area contributed by atoms with Crippen molar-refractivity contribution in [3.05, 3.63) is 29.3 Å². The molecule has 16 heavy (non-hydrogen) atoms. The smallest absolute Gasteiger partial charge is 0.163 e. The van der Waals surface area contributed by atoms with Gasteiger partial charge in [0.15, 0.2) is 5.78 Å². The monoisotopic (exact) mass is 218 g/mol. The Morgan fingerprint density at radius 1 is 1.19 bits per heavy atom. The number of Topliss-reactive ketones (excluding diaryl/α,β-unsaturated/α-hetero) is 1. The summed E-state index contributed by atoms with van der Waals surface area (Å²) in [6.45, 7) is 3.99. The van der Waals surface area contributed by atoms with E-state index in [1.807, 2.05) is 32.0 Å². The summed E-state index contributed by atoms with van der Waals surface area (Å²) in [5, 5.41) is 0. The highest BCUT2D eigenvalue weighted by Gasteiger charge is 2.16. The summed E-state index contributed by atoms with van der Waals surface area (Å²) >= 11 is 0. The van der Waals surface area contributed by atoms with E-state index in [-0.39, 0.29) is 11.9 Å². The zero-order valence-electron chi connectivity index (χ0n) is 9.95. The van der Waals surface area contributed by atoms with Crippen LogP contribution in [0.4, 0.5) is 0 Å². The van der Waals surface area contributed by atoms with Gasteiger partial charge in [0.05, 0.1) is 6.10 Å². The van der Waals surface area contributed by atoms with Crippen LogP contribution >= 0.6 is 0 Å². The lowest BCUT2D eigenvalue weighted by atomic mass is 10.0. The van der Waals surface area contributed by atoms with E-state index in [1.54, 1.807) is 0 Å². The number of ketones is 1. The van der Waals surface area contributed by atoms with Gasteiger partial charge >= 0.3 is 0 Å². The molecule has 0 spiro atoms. The van der Waals surface area contributed by atoms with Gasteiger partial charge in [-0.25, -0.2) is 0 Å². The third-order valence-electron chi connectivity index (χ3n) is 2.85. The van der Waals surface area contributed by atoms with Gasteiger partial charge in [0.2, 0.25) is 0 Å².